The van der Waals surface area contributed by atoms with Gasteiger partial charge in [-0.15, -0.1) is 0 Å². The van der Waals surface area contributed by atoms with Crippen molar-refractivity contribution in [3.63, 3.8) is 0 Å². The number of rotatable bonds is 4. The lowest BCUT2D eigenvalue weighted by Crippen LogP contribution is -2.22. The predicted octanol–water partition coefficient (Wildman–Crippen LogP) is 1.16. The van der Waals surface area contributed by atoms with Gasteiger partial charge in [0.2, 0.25) is 5.91 Å². The number of aromatic nitrogens is 2. The highest BCUT2D eigenvalue weighted by Gasteiger charge is 2.41. The van der Waals surface area contributed by atoms with E-state index in [0.29, 0.717) is 18.5 Å². The number of nitrogens with two attached hydrogens (primary N) is 2. The molecule has 20 heavy (non-hydrogen) atoms. The van der Waals surface area contributed by atoms with Crippen molar-refractivity contribution in [2.75, 3.05) is 6.54 Å². The molecule has 0 bridgehead atoms. The fraction of sp³-hybridized carbons (Fsp3) is 0.667. The molecule has 0 aromatic carbocycles. The maximum absolute atomic E-state index is 13.1. The van der Waals surface area contributed by atoms with E-state index in [4.69, 9.17) is 11.5 Å². The van der Waals surface area contributed by atoms with Crippen LogP contribution in [0, 0.1) is 0 Å². The van der Waals surface area contributed by atoms with Gasteiger partial charge in [0.15, 0.2) is 5.69 Å². The lowest BCUT2D eigenvalue weighted by atomic mass is 9.85. The average molecular weight is 290 g/mol. The van der Waals surface area contributed by atoms with Crippen LogP contribution in [0.1, 0.15) is 42.1 Å². The number of aryl methyl sites for hydroxylation is 1. The Balaban J connectivity index is 2.45. The number of carbonyl (C=O) groups excluding carboxylic acids is 1. The molecule has 1 amide bonds. The van der Waals surface area contributed by atoms with Crippen molar-refractivity contribution >= 4 is 5.91 Å². The summed E-state index contributed by atoms with van der Waals surface area (Å²) in [5.74, 6) is -0.883. The molecule has 1 aromatic heterocycles. The molecule has 1 aromatic rings. The first-order valence-corrected chi connectivity index (χ1v) is 6.49. The van der Waals surface area contributed by atoms with Crippen LogP contribution in [0.25, 0.3) is 0 Å². The standard InChI is InChI=1S/C12H17F3N4O/c13-12(14,15)11-10-7(6-16)2-1-3-8(10)19(18-11)5-4-9(17)20/h7H,1-6,16H2,(H2,17,20). The number of hydrogen-bond donors (Lipinski definition) is 2. The van der Waals surface area contributed by atoms with Crippen molar-refractivity contribution in [1.29, 1.82) is 0 Å². The van der Waals surface area contributed by atoms with Gasteiger partial charge >= 0.3 is 6.18 Å². The largest absolute Gasteiger partial charge is 0.435 e. The number of hydrogen-bond acceptors (Lipinski definition) is 3. The maximum atomic E-state index is 13.1. The van der Waals surface area contributed by atoms with Crippen LogP contribution in [0.3, 0.4) is 0 Å². The van der Waals surface area contributed by atoms with Crippen LogP contribution >= 0.6 is 0 Å². The Bertz CT molecular complexity index is 510. The number of primary amides is 1. The topological polar surface area (TPSA) is 86.9 Å². The Kier molecular flexibility index (Phi) is 4.03. The summed E-state index contributed by atoms with van der Waals surface area (Å²) >= 11 is 0. The third-order valence-electron chi connectivity index (χ3n) is 3.60. The lowest BCUT2D eigenvalue weighted by molar-refractivity contribution is -0.142. The number of carbonyl (C=O) groups is 1. The Hall–Kier alpha value is -1.57. The maximum Gasteiger partial charge on any atom is 0.435 e. The zero-order valence-electron chi connectivity index (χ0n) is 10.9. The van der Waals surface area contributed by atoms with Gasteiger partial charge < -0.3 is 11.5 Å². The molecule has 0 aliphatic heterocycles. The molecule has 4 N–H and O–H groups in total. The van der Waals surface area contributed by atoms with Crippen molar-refractivity contribution in [2.24, 2.45) is 11.5 Å². The molecule has 1 atom stereocenters. The lowest BCUT2D eigenvalue weighted by Gasteiger charge is -2.23. The molecule has 1 aliphatic rings. The Morgan fingerprint density at radius 3 is 2.70 bits per heavy atom. The van der Waals surface area contributed by atoms with E-state index in [-0.39, 0.29) is 31.0 Å². The van der Waals surface area contributed by atoms with E-state index in [0.717, 1.165) is 6.42 Å². The third-order valence-corrected chi connectivity index (χ3v) is 3.60. The second-order valence-corrected chi connectivity index (χ2v) is 4.97. The molecule has 5 nitrogen and oxygen atoms in total. The minimum Gasteiger partial charge on any atom is -0.370 e. The molecule has 8 heteroatoms. The molecule has 1 aliphatic carbocycles. The van der Waals surface area contributed by atoms with Crippen molar-refractivity contribution in [2.45, 2.75) is 44.3 Å². The normalized spacial score (nSPS) is 18.9. The summed E-state index contributed by atoms with van der Waals surface area (Å²) in [5, 5.41) is 3.66. The molecule has 0 spiro atoms. The van der Waals surface area contributed by atoms with Crippen LogP contribution < -0.4 is 11.5 Å². The number of fused-ring (bicyclic) bond motifs is 1. The molecule has 0 fully saturated rings. The van der Waals surface area contributed by atoms with E-state index in [9.17, 15) is 18.0 Å². The molecule has 1 heterocycles. The summed E-state index contributed by atoms with van der Waals surface area (Å²) in [5.41, 5.74) is 10.5. The first-order valence-electron chi connectivity index (χ1n) is 6.49. The van der Waals surface area contributed by atoms with Gasteiger partial charge in [-0.3, -0.25) is 9.48 Å². The summed E-state index contributed by atoms with van der Waals surface area (Å²) in [6, 6.07) is 0. The molecule has 0 saturated carbocycles. The second kappa shape index (κ2) is 5.43. The number of amides is 1. The zero-order valence-corrected chi connectivity index (χ0v) is 10.9. The van der Waals surface area contributed by atoms with Gasteiger partial charge in [-0.05, 0) is 25.8 Å². The van der Waals surface area contributed by atoms with Gasteiger partial charge in [-0.1, -0.05) is 0 Å². The summed E-state index contributed by atoms with van der Waals surface area (Å²) in [7, 11) is 0. The quantitative estimate of drug-likeness (QED) is 0.872. The Morgan fingerprint density at radius 1 is 1.45 bits per heavy atom. The van der Waals surface area contributed by atoms with E-state index in [2.05, 4.69) is 5.10 Å². The summed E-state index contributed by atoms with van der Waals surface area (Å²) in [4.78, 5) is 10.8. The monoisotopic (exact) mass is 290 g/mol. The molecule has 0 radical (unpaired) electrons. The van der Waals surface area contributed by atoms with Crippen molar-refractivity contribution in [1.82, 2.24) is 9.78 Å². The van der Waals surface area contributed by atoms with Crippen LogP contribution in [0.2, 0.25) is 0 Å². The van der Waals surface area contributed by atoms with Crippen molar-refractivity contribution in [3.8, 4) is 0 Å². The van der Waals surface area contributed by atoms with E-state index in [1.807, 2.05) is 0 Å². The minimum atomic E-state index is -4.51. The SMILES string of the molecule is NCC1CCCc2c1c(C(F)(F)F)nn2CCC(N)=O. The molecular formula is C12H17F3N4O. The van der Waals surface area contributed by atoms with Gasteiger partial charge in [0.25, 0.3) is 0 Å². The van der Waals surface area contributed by atoms with E-state index >= 15 is 0 Å². The van der Waals surface area contributed by atoms with Crippen LogP contribution in [0.15, 0.2) is 0 Å². The Labute approximate surface area is 114 Å². The van der Waals surface area contributed by atoms with E-state index in [1.165, 1.54) is 4.68 Å². The van der Waals surface area contributed by atoms with Crippen LogP contribution in [-0.2, 0) is 23.9 Å². The van der Waals surface area contributed by atoms with Crippen molar-refractivity contribution < 1.29 is 18.0 Å². The molecule has 112 valence electrons. The van der Waals surface area contributed by atoms with Gasteiger partial charge in [-0.25, -0.2) is 0 Å². The summed E-state index contributed by atoms with van der Waals surface area (Å²) < 4.78 is 40.5. The minimum absolute atomic E-state index is 0.0291. The molecule has 0 saturated heterocycles. The summed E-state index contributed by atoms with van der Waals surface area (Å²) in [6.45, 7) is 0.239. The summed E-state index contributed by atoms with van der Waals surface area (Å²) in [6.07, 6.45) is -2.61. The number of halogens is 3. The fourth-order valence-corrected chi connectivity index (χ4v) is 2.71. The van der Waals surface area contributed by atoms with Gasteiger partial charge in [-0.2, -0.15) is 18.3 Å². The second-order valence-electron chi connectivity index (χ2n) is 4.97. The Morgan fingerprint density at radius 2 is 2.15 bits per heavy atom. The third kappa shape index (κ3) is 2.79. The first kappa shape index (κ1) is 14.8. The average Bonchev–Trinajstić information content (AvgIpc) is 2.75. The van der Waals surface area contributed by atoms with Gasteiger partial charge in [0.1, 0.15) is 0 Å². The van der Waals surface area contributed by atoms with Crippen molar-refractivity contribution in [3.05, 3.63) is 17.0 Å². The van der Waals surface area contributed by atoms with Crippen LogP contribution in [0.4, 0.5) is 13.2 Å². The fourth-order valence-electron chi connectivity index (χ4n) is 2.71. The smallest absolute Gasteiger partial charge is 0.370 e. The van der Waals surface area contributed by atoms with Gasteiger partial charge in [0, 0.05) is 30.1 Å². The number of nitrogens with zero attached hydrogens (tertiary/aromatic N) is 2. The zero-order chi connectivity index (χ0) is 14.9. The highest BCUT2D eigenvalue weighted by Crippen LogP contribution is 2.40. The number of alkyl halides is 3. The van der Waals surface area contributed by atoms with E-state index in [1.54, 1.807) is 0 Å². The van der Waals surface area contributed by atoms with Crippen LogP contribution in [-0.4, -0.2) is 22.2 Å². The van der Waals surface area contributed by atoms with Crippen LogP contribution in [0.5, 0.6) is 0 Å². The van der Waals surface area contributed by atoms with Gasteiger partial charge in [0.05, 0.1) is 0 Å². The molecule has 1 unspecified atom stereocenters. The highest BCUT2D eigenvalue weighted by molar-refractivity contribution is 5.73. The molecule has 2 rings (SSSR count). The highest BCUT2D eigenvalue weighted by atomic mass is 19.4. The molecular weight excluding hydrogens is 273 g/mol. The predicted molar refractivity (Wildman–Crippen MR) is 65.8 cm³/mol. The van der Waals surface area contributed by atoms with E-state index < -0.39 is 17.8 Å². The first-order chi connectivity index (χ1) is 9.34.